The zero-order chi connectivity index (χ0) is 21.1. The van der Waals surface area contributed by atoms with Crippen molar-refractivity contribution in [3.05, 3.63) is 58.9 Å². The molecule has 1 aliphatic heterocycles. The van der Waals surface area contributed by atoms with E-state index in [-0.39, 0.29) is 25.3 Å². The summed E-state index contributed by atoms with van der Waals surface area (Å²) >= 11 is 6.20. The van der Waals surface area contributed by atoms with Gasteiger partial charge in [-0.3, -0.25) is 4.79 Å². The van der Waals surface area contributed by atoms with E-state index in [1.807, 2.05) is 50.2 Å². The Kier molecular flexibility index (Phi) is 5.90. The fourth-order valence-corrected chi connectivity index (χ4v) is 3.47. The number of ether oxygens (including phenoxy) is 2. The molecular formula is C22H22ClN3O4. The van der Waals surface area contributed by atoms with Gasteiger partial charge >= 0.3 is 0 Å². The summed E-state index contributed by atoms with van der Waals surface area (Å²) in [6, 6.07) is 13.0. The van der Waals surface area contributed by atoms with E-state index in [0.717, 1.165) is 17.1 Å². The third kappa shape index (κ3) is 4.41. The Bertz CT molecular complexity index is 1050. The molecule has 0 unspecified atom stereocenters. The standard InChI is InChI=1S/C22H22ClN3O4/c1-14(2)26(12-20-24-25-22(30-20)16-5-3-4-6-17(16)23)21(27)10-8-15-7-9-18-19(11-15)29-13-28-18/h3-7,9,11,14H,8,10,12-13H2,1-2H3. The summed E-state index contributed by atoms with van der Waals surface area (Å²) in [5.74, 6) is 2.18. The minimum Gasteiger partial charge on any atom is -0.454 e. The van der Waals surface area contributed by atoms with Gasteiger partial charge in [-0.2, -0.15) is 0 Å². The van der Waals surface area contributed by atoms with E-state index in [1.165, 1.54) is 0 Å². The van der Waals surface area contributed by atoms with Crippen LogP contribution in [0.5, 0.6) is 11.5 Å². The molecule has 0 atom stereocenters. The van der Waals surface area contributed by atoms with Crippen molar-refractivity contribution in [3.63, 3.8) is 0 Å². The van der Waals surface area contributed by atoms with Crippen LogP contribution in [0.25, 0.3) is 11.5 Å². The van der Waals surface area contributed by atoms with Crippen molar-refractivity contribution < 1.29 is 18.7 Å². The van der Waals surface area contributed by atoms with Crippen LogP contribution in [0.15, 0.2) is 46.9 Å². The zero-order valence-electron chi connectivity index (χ0n) is 16.8. The summed E-state index contributed by atoms with van der Waals surface area (Å²) in [6.07, 6.45) is 0.969. The number of halogens is 1. The third-order valence-electron chi connectivity index (χ3n) is 4.88. The van der Waals surface area contributed by atoms with Crippen LogP contribution in [0.2, 0.25) is 5.02 Å². The highest BCUT2D eigenvalue weighted by Gasteiger charge is 2.21. The van der Waals surface area contributed by atoms with E-state index < -0.39 is 0 Å². The number of carbonyl (C=O) groups excluding carboxylic acids is 1. The maximum Gasteiger partial charge on any atom is 0.249 e. The largest absolute Gasteiger partial charge is 0.454 e. The monoisotopic (exact) mass is 427 g/mol. The number of benzene rings is 2. The Balaban J connectivity index is 1.41. The summed E-state index contributed by atoms with van der Waals surface area (Å²) in [6.45, 7) is 4.40. The van der Waals surface area contributed by atoms with E-state index >= 15 is 0 Å². The number of hydrogen-bond donors (Lipinski definition) is 0. The van der Waals surface area contributed by atoms with E-state index in [2.05, 4.69) is 10.2 Å². The van der Waals surface area contributed by atoms with E-state index in [1.54, 1.807) is 11.0 Å². The molecule has 2 heterocycles. The molecule has 30 heavy (non-hydrogen) atoms. The summed E-state index contributed by atoms with van der Waals surface area (Å²) in [4.78, 5) is 14.6. The first-order chi connectivity index (χ1) is 14.5. The first kappa shape index (κ1) is 20.2. The van der Waals surface area contributed by atoms with Gasteiger partial charge in [-0.1, -0.05) is 29.8 Å². The molecule has 0 bridgehead atoms. The molecule has 1 amide bonds. The lowest BCUT2D eigenvalue weighted by molar-refractivity contribution is -0.133. The molecule has 0 fully saturated rings. The maximum absolute atomic E-state index is 12.9. The number of carbonyl (C=O) groups is 1. The van der Waals surface area contributed by atoms with Gasteiger partial charge in [0, 0.05) is 12.5 Å². The summed E-state index contributed by atoms with van der Waals surface area (Å²) in [5, 5.41) is 8.71. The van der Waals surface area contributed by atoms with Crippen molar-refractivity contribution >= 4 is 17.5 Å². The lowest BCUT2D eigenvalue weighted by Gasteiger charge is -2.25. The average Bonchev–Trinajstić information content (AvgIpc) is 3.39. The number of amides is 1. The number of hydrogen-bond acceptors (Lipinski definition) is 6. The maximum atomic E-state index is 12.9. The molecule has 0 N–H and O–H groups in total. The van der Waals surface area contributed by atoms with Crippen molar-refractivity contribution in [1.82, 2.24) is 15.1 Å². The van der Waals surface area contributed by atoms with E-state index in [9.17, 15) is 4.79 Å². The first-order valence-corrected chi connectivity index (χ1v) is 10.1. The molecule has 1 aromatic heterocycles. The Labute approximate surface area is 179 Å². The predicted octanol–water partition coefficient (Wildman–Crippen LogP) is 4.49. The molecule has 2 aromatic carbocycles. The van der Waals surface area contributed by atoms with Gasteiger partial charge in [-0.25, -0.2) is 0 Å². The minimum absolute atomic E-state index is 0.00934. The van der Waals surface area contributed by atoms with Crippen LogP contribution in [0, 0.1) is 0 Å². The van der Waals surface area contributed by atoms with Crippen molar-refractivity contribution in [2.45, 2.75) is 39.3 Å². The Morgan fingerprint density at radius 2 is 1.93 bits per heavy atom. The molecule has 0 saturated heterocycles. The SMILES string of the molecule is CC(C)N(Cc1nnc(-c2ccccc2Cl)o1)C(=O)CCc1ccc2c(c1)OCO2. The zero-order valence-corrected chi connectivity index (χ0v) is 17.6. The van der Waals surface area contributed by atoms with Gasteiger partial charge in [0.2, 0.25) is 24.5 Å². The van der Waals surface area contributed by atoms with Crippen molar-refractivity contribution in [1.29, 1.82) is 0 Å². The summed E-state index contributed by atoms with van der Waals surface area (Å²) in [7, 11) is 0. The van der Waals surface area contributed by atoms with Gasteiger partial charge < -0.3 is 18.8 Å². The molecule has 8 heteroatoms. The van der Waals surface area contributed by atoms with Gasteiger partial charge in [0.15, 0.2) is 11.5 Å². The van der Waals surface area contributed by atoms with E-state index in [4.69, 9.17) is 25.5 Å². The van der Waals surface area contributed by atoms with E-state index in [0.29, 0.717) is 35.2 Å². The van der Waals surface area contributed by atoms with Crippen LogP contribution >= 0.6 is 11.6 Å². The highest BCUT2D eigenvalue weighted by molar-refractivity contribution is 6.33. The molecule has 0 saturated carbocycles. The highest BCUT2D eigenvalue weighted by atomic mass is 35.5. The highest BCUT2D eigenvalue weighted by Crippen LogP contribution is 2.33. The topological polar surface area (TPSA) is 77.7 Å². The second kappa shape index (κ2) is 8.75. The van der Waals surface area contributed by atoms with Gasteiger partial charge in [-0.15, -0.1) is 10.2 Å². The predicted molar refractivity (Wildman–Crippen MR) is 111 cm³/mol. The van der Waals surface area contributed by atoms with Gasteiger partial charge in [0.25, 0.3) is 0 Å². The Morgan fingerprint density at radius 1 is 1.13 bits per heavy atom. The Morgan fingerprint density at radius 3 is 2.73 bits per heavy atom. The Hall–Kier alpha value is -3.06. The lowest BCUT2D eigenvalue weighted by Crippen LogP contribution is -2.36. The molecule has 156 valence electrons. The number of nitrogens with zero attached hydrogens (tertiary/aromatic N) is 3. The van der Waals surface area contributed by atoms with Crippen LogP contribution < -0.4 is 9.47 Å². The quantitative estimate of drug-likeness (QED) is 0.553. The fraction of sp³-hybridized carbons (Fsp3) is 0.318. The van der Waals surface area contributed by atoms with Crippen LogP contribution in [0.1, 0.15) is 31.7 Å². The molecule has 0 spiro atoms. The van der Waals surface area contributed by atoms with Gasteiger partial charge in [0.1, 0.15) is 0 Å². The van der Waals surface area contributed by atoms with Crippen molar-refractivity contribution in [3.8, 4) is 23.0 Å². The molecule has 0 aliphatic carbocycles. The second-order valence-corrected chi connectivity index (χ2v) is 7.69. The van der Waals surface area contributed by atoms with Crippen LogP contribution in [0.3, 0.4) is 0 Å². The number of aromatic nitrogens is 2. The van der Waals surface area contributed by atoms with Crippen LogP contribution in [-0.4, -0.2) is 33.8 Å². The average molecular weight is 428 g/mol. The second-order valence-electron chi connectivity index (χ2n) is 7.28. The van der Waals surface area contributed by atoms with Gasteiger partial charge in [0.05, 0.1) is 17.1 Å². The fourth-order valence-electron chi connectivity index (χ4n) is 3.26. The molecule has 3 aromatic rings. The summed E-state index contributed by atoms with van der Waals surface area (Å²) in [5.41, 5.74) is 1.69. The van der Waals surface area contributed by atoms with Crippen molar-refractivity contribution in [2.24, 2.45) is 0 Å². The smallest absolute Gasteiger partial charge is 0.249 e. The number of aryl methyl sites for hydroxylation is 1. The summed E-state index contributed by atoms with van der Waals surface area (Å²) < 4.78 is 16.5. The molecule has 4 rings (SSSR count). The molecule has 1 aliphatic rings. The lowest BCUT2D eigenvalue weighted by atomic mass is 10.1. The normalized spacial score (nSPS) is 12.4. The molecular weight excluding hydrogens is 406 g/mol. The first-order valence-electron chi connectivity index (χ1n) is 9.76. The van der Waals surface area contributed by atoms with Gasteiger partial charge in [-0.05, 0) is 50.1 Å². The van der Waals surface area contributed by atoms with Crippen LogP contribution in [0.4, 0.5) is 0 Å². The number of rotatable bonds is 7. The minimum atomic E-state index is -0.00934. The molecule has 0 radical (unpaired) electrons. The van der Waals surface area contributed by atoms with Crippen LogP contribution in [-0.2, 0) is 17.8 Å². The number of fused-ring (bicyclic) bond motifs is 1. The van der Waals surface area contributed by atoms with Crippen molar-refractivity contribution in [2.75, 3.05) is 6.79 Å². The molecule has 7 nitrogen and oxygen atoms in total. The third-order valence-corrected chi connectivity index (χ3v) is 5.21.